The highest BCUT2D eigenvalue weighted by molar-refractivity contribution is 9.10. The van der Waals surface area contributed by atoms with Gasteiger partial charge in [0.25, 0.3) is 15.0 Å². The molecule has 0 heterocycles. The Morgan fingerprint density at radius 3 is 2.40 bits per heavy atom. The summed E-state index contributed by atoms with van der Waals surface area (Å²) in [6, 6.07) is 4.15. The van der Waals surface area contributed by atoms with Crippen LogP contribution >= 0.6 is 26.6 Å². The zero-order chi connectivity index (χ0) is 15.7. The zero-order valence-corrected chi connectivity index (χ0v) is 14.9. The first-order chi connectivity index (χ1) is 9.00. The molecule has 0 aromatic heterocycles. The van der Waals surface area contributed by atoms with Gasteiger partial charge in [-0.1, -0.05) is 6.92 Å². The molecule has 0 bridgehead atoms. The predicted octanol–water partition coefficient (Wildman–Crippen LogP) is 3.64. The van der Waals surface area contributed by atoms with Gasteiger partial charge >= 0.3 is 0 Å². The van der Waals surface area contributed by atoms with Gasteiger partial charge in [-0.25, -0.2) is 8.42 Å². The van der Waals surface area contributed by atoms with Crippen LogP contribution in [-0.4, -0.2) is 31.8 Å². The number of benzene rings is 1. The van der Waals surface area contributed by atoms with Crippen LogP contribution in [0.1, 0.15) is 37.6 Å². The summed E-state index contributed by atoms with van der Waals surface area (Å²) in [6.07, 6.45) is 0.778. The van der Waals surface area contributed by atoms with Crippen molar-refractivity contribution < 1.29 is 13.2 Å². The van der Waals surface area contributed by atoms with Crippen molar-refractivity contribution in [2.45, 2.75) is 37.6 Å². The summed E-state index contributed by atoms with van der Waals surface area (Å²) in [7, 11) is 3.15. The van der Waals surface area contributed by atoms with Gasteiger partial charge in [-0.05, 0) is 54.4 Å². The van der Waals surface area contributed by atoms with Crippen LogP contribution in [0.2, 0.25) is 0 Å². The Labute approximate surface area is 132 Å². The molecule has 7 heteroatoms. The van der Waals surface area contributed by atoms with E-state index in [-0.39, 0.29) is 21.9 Å². The Morgan fingerprint density at radius 2 is 1.95 bits per heavy atom. The SMILES string of the molecule is CCC(C)(C)N(C)C(=O)c1cc(S(=O)(=O)Cl)ccc1Br. The van der Waals surface area contributed by atoms with Gasteiger partial charge in [0.1, 0.15) is 0 Å². The number of carbonyl (C=O) groups is 1. The van der Waals surface area contributed by atoms with Crippen molar-refractivity contribution >= 4 is 41.6 Å². The summed E-state index contributed by atoms with van der Waals surface area (Å²) in [6.45, 7) is 5.88. The molecule has 0 aliphatic rings. The Balaban J connectivity index is 3.30. The zero-order valence-electron chi connectivity index (χ0n) is 11.8. The molecule has 0 unspecified atom stereocenters. The average molecular weight is 383 g/mol. The smallest absolute Gasteiger partial charge is 0.261 e. The minimum atomic E-state index is -3.86. The Kier molecular flexibility index (Phi) is 5.27. The van der Waals surface area contributed by atoms with Gasteiger partial charge in [-0.15, -0.1) is 0 Å². The standard InChI is InChI=1S/C13H17BrClNO3S/c1-5-13(2,3)16(4)12(17)10-8-9(20(15,18)19)6-7-11(10)14/h6-8H,5H2,1-4H3. The Bertz CT molecular complexity index is 629. The van der Waals surface area contributed by atoms with Gasteiger partial charge in [0.05, 0.1) is 10.5 Å². The summed E-state index contributed by atoms with van der Waals surface area (Å²) in [5, 5.41) is 0. The maximum absolute atomic E-state index is 12.5. The lowest BCUT2D eigenvalue weighted by molar-refractivity contribution is 0.0619. The van der Waals surface area contributed by atoms with Crippen LogP contribution in [0.25, 0.3) is 0 Å². The van der Waals surface area contributed by atoms with E-state index >= 15 is 0 Å². The van der Waals surface area contributed by atoms with Crippen molar-refractivity contribution in [2.75, 3.05) is 7.05 Å². The summed E-state index contributed by atoms with van der Waals surface area (Å²) in [5.74, 6) is -0.258. The summed E-state index contributed by atoms with van der Waals surface area (Å²) in [5.41, 5.74) is -0.0532. The van der Waals surface area contributed by atoms with Gasteiger partial charge in [-0.2, -0.15) is 0 Å². The van der Waals surface area contributed by atoms with E-state index < -0.39 is 9.05 Å². The van der Waals surface area contributed by atoms with E-state index in [4.69, 9.17) is 10.7 Å². The van der Waals surface area contributed by atoms with Gasteiger partial charge in [0.2, 0.25) is 0 Å². The molecule has 0 N–H and O–H groups in total. The molecule has 0 fully saturated rings. The lowest BCUT2D eigenvalue weighted by atomic mass is 9.99. The fourth-order valence-electron chi connectivity index (χ4n) is 1.51. The Morgan fingerprint density at radius 1 is 1.40 bits per heavy atom. The van der Waals surface area contributed by atoms with Crippen LogP contribution in [0, 0.1) is 0 Å². The minimum absolute atomic E-state index is 0.0894. The van der Waals surface area contributed by atoms with E-state index in [1.807, 2.05) is 20.8 Å². The fourth-order valence-corrected chi connectivity index (χ4v) is 2.71. The van der Waals surface area contributed by atoms with Crippen molar-refractivity contribution in [3.63, 3.8) is 0 Å². The lowest BCUT2D eigenvalue weighted by Crippen LogP contribution is -2.44. The molecule has 0 aliphatic carbocycles. The quantitative estimate of drug-likeness (QED) is 0.747. The summed E-state index contributed by atoms with van der Waals surface area (Å²) < 4.78 is 23.3. The third-order valence-corrected chi connectivity index (χ3v) is 5.57. The first-order valence-corrected chi connectivity index (χ1v) is 9.13. The van der Waals surface area contributed by atoms with Crippen LogP contribution in [0.3, 0.4) is 0 Å². The molecule has 0 saturated heterocycles. The number of rotatable bonds is 4. The second-order valence-electron chi connectivity index (χ2n) is 5.11. The third kappa shape index (κ3) is 3.74. The minimum Gasteiger partial charge on any atom is -0.337 e. The van der Waals surface area contributed by atoms with E-state index in [1.54, 1.807) is 11.9 Å². The van der Waals surface area contributed by atoms with E-state index in [0.717, 1.165) is 6.42 Å². The largest absolute Gasteiger partial charge is 0.337 e. The predicted molar refractivity (Wildman–Crippen MR) is 83.6 cm³/mol. The second kappa shape index (κ2) is 6.03. The molecule has 0 radical (unpaired) electrons. The molecule has 1 aromatic rings. The van der Waals surface area contributed by atoms with Crippen molar-refractivity contribution in [3.05, 3.63) is 28.2 Å². The van der Waals surface area contributed by atoms with Crippen LogP contribution in [0.5, 0.6) is 0 Å². The van der Waals surface area contributed by atoms with Crippen molar-refractivity contribution in [1.29, 1.82) is 0 Å². The number of halogens is 2. The van der Waals surface area contributed by atoms with Gasteiger partial charge in [0, 0.05) is 27.7 Å². The van der Waals surface area contributed by atoms with Crippen LogP contribution < -0.4 is 0 Å². The molecule has 112 valence electrons. The molecule has 0 atom stereocenters. The highest BCUT2D eigenvalue weighted by atomic mass is 79.9. The van der Waals surface area contributed by atoms with E-state index in [1.165, 1.54) is 18.2 Å². The van der Waals surface area contributed by atoms with E-state index in [9.17, 15) is 13.2 Å². The summed E-state index contributed by atoms with van der Waals surface area (Å²) >= 11 is 3.27. The molecular formula is C13H17BrClNO3S. The van der Waals surface area contributed by atoms with Crippen LogP contribution in [0.15, 0.2) is 27.6 Å². The molecule has 1 amide bonds. The third-order valence-electron chi connectivity index (χ3n) is 3.53. The molecule has 0 saturated carbocycles. The van der Waals surface area contributed by atoms with Gasteiger partial charge in [0.15, 0.2) is 0 Å². The topological polar surface area (TPSA) is 54.5 Å². The number of hydrogen-bond donors (Lipinski definition) is 0. The Hall–Kier alpha value is -0.590. The average Bonchev–Trinajstić information content (AvgIpc) is 2.36. The van der Waals surface area contributed by atoms with Crippen molar-refractivity contribution in [2.24, 2.45) is 0 Å². The molecule has 0 aliphatic heterocycles. The molecule has 1 rings (SSSR count). The van der Waals surface area contributed by atoms with E-state index in [2.05, 4.69) is 15.9 Å². The van der Waals surface area contributed by atoms with E-state index in [0.29, 0.717) is 4.47 Å². The molecule has 1 aromatic carbocycles. The number of carbonyl (C=O) groups excluding carboxylic acids is 1. The van der Waals surface area contributed by atoms with Gasteiger partial charge in [-0.3, -0.25) is 4.79 Å². The summed E-state index contributed by atoms with van der Waals surface area (Å²) in [4.78, 5) is 14.0. The molecule has 20 heavy (non-hydrogen) atoms. The maximum atomic E-state index is 12.5. The fraction of sp³-hybridized carbons (Fsp3) is 0.462. The number of hydrogen-bond acceptors (Lipinski definition) is 3. The second-order valence-corrected chi connectivity index (χ2v) is 8.53. The highest BCUT2D eigenvalue weighted by Gasteiger charge is 2.28. The maximum Gasteiger partial charge on any atom is 0.261 e. The van der Waals surface area contributed by atoms with Crippen molar-refractivity contribution in [1.82, 2.24) is 4.90 Å². The molecule has 4 nitrogen and oxygen atoms in total. The monoisotopic (exact) mass is 381 g/mol. The first kappa shape index (κ1) is 17.5. The lowest BCUT2D eigenvalue weighted by Gasteiger charge is -2.35. The first-order valence-electron chi connectivity index (χ1n) is 6.03. The normalized spacial score (nSPS) is 12.3. The molecular weight excluding hydrogens is 366 g/mol. The van der Waals surface area contributed by atoms with Crippen molar-refractivity contribution in [3.8, 4) is 0 Å². The van der Waals surface area contributed by atoms with Crippen LogP contribution in [0.4, 0.5) is 0 Å². The molecule has 0 spiro atoms. The van der Waals surface area contributed by atoms with Crippen LogP contribution in [-0.2, 0) is 9.05 Å². The van der Waals surface area contributed by atoms with Gasteiger partial charge < -0.3 is 4.90 Å². The number of amides is 1. The number of nitrogens with zero attached hydrogens (tertiary/aromatic N) is 1. The highest BCUT2D eigenvalue weighted by Crippen LogP contribution is 2.27.